The summed E-state index contributed by atoms with van der Waals surface area (Å²) in [7, 11) is 0. The molecule has 62 valence electrons. The molecule has 0 aromatic heterocycles. The molecule has 0 amide bonds. The van der Waals surface area contributed by atoms with Gasteiger partial charge in [0.25, 0.3) is 0 Å². The van der Waals surface area contributed by atoms with E-state index in [1.54, 1.807) is 0 Å². The third kappa shape index (κ3) is 7.96. The maximum Gasteiger partial charge on any atom is 0.0512 e. The van der Waals surface area contributed by atoms with Crippen molar-refractivity contribution in [2.45, 2.75) is 53.1 Å². The third-order valence-corrected chi connectivity index (χ3v) is 1.55. The van der Waals surface area contributed by atoms with Gasteiger partial charge in [-0.05, 0) is 25.2 Å². The molecule has 1 heteroatoms. The molecule has 1 N–H and O–H groups in total. The Morgan fingerprint density at radius 1 is 1.30 bits per heavy atom. The number of rotatable bonds is 3. The summed E-state index contributed by atoms with van der Waals surface area (Å²) in [5.41, 5.74) is 0.425. The lowest BCUT2D eigenvalue weighted by Gasteiger charge is -2.17. The number of aliphatic hydroxyl groups is 1. The van der Waals surface area contributed by atoms with E-state index in [4.69, 9.17) is 5.11 Å². The van der Waals surface area contributed by atoms with Crippen LogP contribution in [-0.4, -0.2) is 11.2 Å². The summed E-state index contributed by atoms with van der Waals surface area (Å²) in [5.74, 6) is 0. The van der Waals surface area contributed by atoms with Gasteiger partial charge in [-0.2, -0.15) is 0 Å². The fourth-order valence-corrected chi connectivity index (χ4v) is 0.928. The summed E-state index contributed by atoms with van der Waals surface area (Å²) >= 11 is 0. The van der Waals surface area contributed by atoms with Gasteiger partial charge < -0.3 is 5.11 Å². The van der Waals surface area contributed by atoms with Crippen molar-refractivity contribution in [2.24, 2.45) is 5.41 Å². The lowest BCUT2D eigenvalue weighted by atomic mass is 9.89. The van der Waals surface area contributed by atoms with E-state index in [0.29, 0.717) is 5.41 Å². The molecule has 0 heterocycles. The molecule has 0 aromatic rings. The first-order chi connectivity index (χ1) is 4.42. The molecular formula is C9H20O. The lowest BCUT2D eigenvalue weighted by molar-refractivity contribution is 0.174. The van der Waals surface area contributed by atoms with E-state index in [1.807, 2.05) is 6.92 Å². The van der Waals surface area contributed by atoms with Crippen LogP contribution in [0.25, 0.3) is 0 Å². The van der Waals surface area contributed by atoms with Gasteiger partial charge in [0, 0.05) is 0 Å². The summed E-state index contributed by atoms with van der Waals surface area (Å²) in [6.45, 7) is 8.54. The second-order valence-corrected chi connectivity index (χ2v) is 4.30. The Morgan fingerprint density at radius 3 is 2.10 bits per heavy atom. The molecular weight excluding hydrogens is 124 g/mol. The van der Waals surface area contributed by atoms with Crippen LogP contribution in [0.2, 0.25) is 0 Å². The van der Waals surface area contributed by atoms with Crippen molar-refractivity contribution in [3.63, 3.8) is 0 Å². The standard InChI is InChI=1S/C9H20O/c1-8(10)6-5-7-9(2,3)4/h8,10H,5-7H2,1-4H3/t8-/m0/s1. The van der Waals surface area contributed by atoms with Crippen molar-refractivity contribution in [1.29, 1.82) is 0 Å². The second-order valence-electron chi connectivity index (χ2n) is 4.30. The highest BCUT2D eigenvalue weighted by Gasteiger charge is 2.09. The average molecular weight is 144 g/mol. The molecule has 0 aliphatic rings. The summed E-state index contributed by atoms with van der Waals surface area (Å²) in [6.07, 6.45) is 3.17. The molecule has 0 rings (SSSR count). The van der Waals surface area contributed by atoms with E-state index < -0.39 is 0 Å². The Hall–Kier alpha value is -0.0400. The van der Waals surface area contributed by atoms with E-state index in [0.717, 1.165) is 12.8 Å². The molecule has 0 fully saturated rings. The minimum atomic E-state index is -0.123. The first kappa shape index (κ1) is 9.96. The second kappa shape index (κ2) is 3.97. The molecule has 0 aromatic carbocycles. The molecule has 0 aliphatic carbocycles. The topological polar surface area (TPSA) is 20.2 Å². The van der Waals surface area contributed by atoms with E-state index in [-0.39, 0.29) is 6.10 Å². The zero-order valence-electron chi connectivity index (χ0n) is 7.65. The first-order valence-corrected chi connectivity index (χ1v) is 4.10. The molecule has 0 aliphatic heterocycles. The van der Waals surface area contributed by atoms with Crippen molar-refractivity contribution < 1.29 is 5.11 Å². The highest BCUT2D eigenvalue weighted by atomic mass is 16.3. The summed E-state index contributed by atoms with van der Waals surface area (Å²) in [5, 5.41) is 8.95. The number of hydrogen-bond donors (Lipinski definition) is 1. The summed E-state index contributed by atoms with van der Waals surface area (Å²) in [6, 6.07) is 0. The highest BCUT2D eigenvalue weighted by molar-refractivity contribution is 4.61. The monoisotopic (exact) mass is 144 g/mol. The van der Waals surface area contributed by atoms with Crippen molar-refractivity contribution in [1.82, 2.24) is 0 Å². The Balaban J connectivity index is 3.21. The maximum absolute atomic E-state index is 8.95. The van der Waals surface area contributed by atoms with E-state index >= 15 is 0 Å². The van der Waals surface area contributed by atoms with Gasteiger partial charge in [-0.3, -0.25) is 0 Å². The van der Waals surface area contributed by atoms with E-state index in [9.17, 15) is 0 Å². The maximum atomic E-state index is 8.95. The molecule has 0 radical (unpaired) electrons. The average Bonchev–Trinajstić information content (AvgIpc) is 1.59. The van der Waals surface area contributed by atoms with Crippen LogP contribution in [0.15, 0.2) is 0 Å². The Kier molecular flexibility index (Phi) is 3.95. The molecule has 1 atom stereocenters. The van der Waals surface area contributed by atoms with Gasteiger partial charge in [-0.15, -0.1) is 0 Å². The van der Waals surface area contributed by atoms with Crippen LogP contribution in [0, 0.1) is 5.41 Å². The van der Waals surface area contributed by atoms with Crippen LogP contribution in [0.5, 0.6) is 0 Å². The van der Waals surface area contributed by atoms with Gasteiger partial charge in [-0.25, -0.2) is 0 Å². The summed E-state index contributed by atoms with van der Waals surface area (Å²) in [4.78, 5) is 0. The van der Waals surface area contributed by atoms with E-state index in [2.05, 4.69) is 20.8 Å². The van der Waals surface area contributed by atoms with Gasteiger partial charge in [-0.1, -0.05) is 27.2 Å². The lowest BCUT2D eigenvalue weighted by Crippen LogP contribution is -2.07. The zero-order chi connectivity index (χ0) is 8.20. The Bertz CT molecular complexity index is 79.2. The van der Waals surface area contributed by atoms with Gasteiger partial charge in [0.15, 0.2) is 0 Å². The Labute approximate surface area is 64.5 Å². The fraction of sp³-hybridized carbons (Fsp3) is 1.00. The van der Waals surface area contributed by atoms with Crippen LogP contribution in [0.3, 0.4) is 0 Å². The highest BCUT2D eigenvalue weighted by Crippen LogP contribution is 2.21. The Morgan fingerprint density at radius 2 is 1.80 bits per heavy atom. The van der Waals surface area contributed by atoms with E-state index in [1.165, 1.54) is 6.42 Å². The molecule has 1 nitrogen and oxygen atoms in total. The quantitative estimate of drug-likeness (QED) is 0.645. The fourth-order valence-electron chi connectivity index (χ4n) is 0.928. The largest absolute Gasteiger partial charge is 0.393 e. The molecule has 0 unspecified atom stereocenters. The normalized spacial score (nSPS) is 15.3. The number of aliphatic hydroxyl groups excluding tert-OH is 1. The van der Waals surface area contributed by atoms with Crippen LogP contribution in [-0.2, 0) is 0 Å². The molecule has 0 saturated carbocycles. The molecule has 0 spiro atoms. The first-order valence-electron chi connectivity index (χ1n) is 4.10. The van der Waals surface area contributed by atoms with Gasteiger partial charge in [0.05, 0.1) is 6.10 Å². The van der Waals surface area contributed by atoms with Crippen molar-refractivity contribution in [2.75, 3.05) is 0 Å². The molecule has 0 bridgehead atoms. The van der Waals surface area contributed by atoms with Crippen molar-refractivity contribution in [3.05, 3.63) is 0 Å². The molecule has 0 saturated heterocycles. The predicted molar refractivity (Wildman–Crippen MR) is 45.0 cm³/mol. The van der Waals surface area contributed by atoms with Crippen molar-refractivity contribution in [3.8, 4) is 0 Å². The summed E-state index contributed by atoms with van der Waals surface area (Å²) < 4.78 is 0. The SMILES string of the molecule is C[C@H](O)CCCC(C)(C)C. The third-order valence-electron chi connectivity index (χ3n) is 1.55. The minimum absolute atomic E-state index is 0.123. The van der Waals surface area contributed by atoms with Gasteiger partial charge >= 0.3 is 0 Å². The molecule has 10 heavy (non-hydrogen) atoms. The van der Waals surface area contributed by atoms with Gasteiger partial charge in [0.2, 0.25) is 0 Å². The van der Waals surface area contributed by atoms with Crippen LogP contribution in [0.4, 0.5) is 0 Å². The smallest absolute Gasteiger partial charge is 0.0512 e. The van der Waals surface area contributed by atoms with Gasteiger partial charge in [0.1, 0.15) is 0 Å². The van der Waals surface area contributed by atoms with Crippen LogP contribution < -0.4 is 0 Å². The zero-order valence-corrected chi connectivity index (χ0v) is 7.65. The van der Waals surface area contributed by atoms with Crippen molar-refractivity contribution >= 4 is 0 Å². The van der Waals surface area contributed by atoms with Crippen LogP contribution >= 0.6 is 0 Å². The number of hydrogen-bond acceptors (Lipinski definition) is 1. The van der Waals surface area contributed by atoms with Crippen LogP contribution in [0.1, 0.15) is 47.0 Å². The predicted octanol–water partition coefficient (Wildman–Crippen LogP) is 2.58. The minimum Gasteiger partial charge on any atom is -0.393 e.